The van der Waals surface area contributed by atoms with Crippen LogP contribution in [0, 0.1) is 11.6 Å². The summed E-state index contributed by atoms with van der Waals surface area (Å²) in [5.74, 6) is -0.703. The van der Waals surface area contributed by atoms with E-state index in [-0.39, 0.29) is 16.6 Å². The van der Waals surface area contributed by atoms with E-state index < -0.39 is 17.7 Å². The van der Waals surface area contributed by atoms with Crippen LogP contribution in [0.2, 0.25) is 5.02 Å². The highest BCUT2D eigenvalue weighted by molar-refractivity contribution is 6.31. The molecule has 2 N–H and O–H groups in total. The summed E-state index contributed by atoms with van der Waals surface area (Å²) in [4.78, 5) is 8.36. The van der Waals surface area contributed by atoms with E-state index in [4.69, 9.17) is 22.1 Å². The van der Waals surface area contributed by atoms with Gasteiger partial charge in [0.2, 0.25) is 0 Å². The monoisotopic (exact) mass is 401 g/mol. The lowest BCUT2D eigenvalue weighted by Gasteiger charge is -2.18. The topological polar surface area (TPSA) is 78.9 Å². The molecule has 0 bridgehead atoms. The number of halogens is 3. The van der Waals surface area contributed by atoms with Gasteiger partial charge in [-0.15, -0.1) is 0 Å². The number of anilines is 1. The SMILES string of the molecule is C[C@H](Oc1cc2cc(F)c(Cl)cc2nc1N)c1ncc(F)cc1-n1cccn1. The molecule has 0 aliphatic carbocycles. The van der Waals surface area contributed by atoms with Crippen LogP contribution in [0.15, 0.2) is 48.9 Å². The van der Waals surface area contributed by atoms with Gasteiger partial charge in [-0.3, -0.25) is 4.98 Å². The fourth-order valence-electron chi connectivity index (χ4n) is 2.85. The normalized spacial score (nSPS) is 12.3. The van der Waals surface area contributed by atoms with Gasteiger partial charge < -0.3 is 10.5 Å². The van der Waals surface area contributed by atoms with Gasteiger partial charge in [-0.05, 0) is 31.2 Å². The maximum atomic E-state index is 13.8. The van der Waals surface area contributed by atoms with Crippen molar-refractivity contribution >= 4 is 28.3 Å². The van der Waals surface area contributed by atoms with E-state index in [9.17, 15) is 8.78 Å². The van der Waals surface area contributed by atoms with E-state index in [1.807, 2.05) is 0 Å². The van der Waals surface area contributed by atoms with E-state index in [0.717, 1.165) is 6.20 Å². The molecule has 1 atom stereocenters. The summed E-state index contributed by atoms with van der Waals surface area (Å²) < 4.78 is 34.9. The minimum absolute atomic E-state index is 0.0409. The van der Waals surface area contributed by atoms with Gasteiger partial charge >= 0.3 is 0 Å². The first-order valence-electron chi connectivity index (χ1n) is 8.30. The number of fused-ring (bicyclic) bond motifs is 1. The van der Waals surface area contributed by atoms with Crippen molar-refractivity contribution in [2.45, 2.75) is 13.0 Å². The molecule has 0 aliphatic heterocycles. The van der Waals surface area contributed by atoms with Crippen LogP contribution in [0.1, 0.15) is 18.7 Å². The van der Waals surface area contributed by atoms with Crippen molar-refractivity contribution in [1.29, 1.82) is 0 Å². The van der Waals surface area contributed by atoms with Crippen LogP contribution in [0.5, 0.6) is 5.75 Å². The highest BCUT2D eigenvalue weighted by Gasteiger charge is 2.19. The zero-order chi connectivity index (χ0) is 19.8. The molecule has 0 saturated heterocycles. The number of benzene rings is 1. The molecular formula is C19H14ClF2N5O. The number of hydrogen-bond donors (Lipinski definition) is 1. The molecule has 0 unspecified atom stereocenters. The minimum atomic E-state index is -0.613. The molecule has 9 heteroatoms. The Labute approximate surface area is 163 Å². The van der Waals surface area contributed by atoms with Crippen molar-refractivity contribution in [2.75, 3.05) is 5.73 Å². The lowest BCUT2D eigenvalue weighted by Crippen LogP contribution is -2.12. The maximum absolute atomic E-state index is 13.8. The number of ether oxygens (including phenoxy) is 1. The molecule has 3 heterocycles. The van der Waals surface area contributed by atoms with Crippen LogP contribution in [0.3, 0.4) is 0 Å². The Kier molecular flexibility index (Phi) is 4.56. The van der Waals surface area contributed by atoms with Gasteiger partial charge in [0.1, 0.15) is 23.4 Å². The van der Waals surface area contributed by atoms with E-state index >= 15 is 0 Å². The van der Waals surface area contributed by atoms with Crippen LogP contribution in [0.25, 0.3) is 16.6 Å². The lowest BCUT2D eigenvalue weighted by molar-refractivity contribution is 0.222. The minimum Gasteiger partial charge on any atom is -0.480 e. The van der Waals surface area contributed by atoms with Gasteiger partial charge in [0, 0.05) is 23.8 Å². The summed E-state index contributed by atoms with van der Waals surface area (Å²) in [5, 5.41) is 4.56. The number of nitrogens with zero attached hydrogens (tertiary/aromatic N) is 4. The van der Waals surface area contributed by atoms with Crippen LogP contribution < -0.4 is 10.5 Å². The number of rotatable bonds is 4. The molecule has 0 aliphatic rings. The highest BCUT2D eigenvalue weighted by atomic mass is 35.5. The average Bonchev–Trinajstić information content (AvgIpc) is 3.18. The standard InChI is InChI=1S/C19H14ClF2N5O/c1-10(18-16(7-12(21)9-24-18)27-4-2-3-25-27)28-17-6-11-5-14(22)13(20)8-15(11)26-19(17)23/h2-10H,1H3,(H2,23,26)/t10-/m0/s1. The second-order valence-corrected chi connectivity index (χ2v) is 6.51. The zero-order valence-electron chi connectivity index (χ0n) is 14.6. The third-order valence-corrected chi connectivity index (χ3v) is 4.44. The van der Waals surface area contributed by atoms with Gasteiger partial charge in [0.25, 0.3) is 0 Å². The zero-order valence-corrected chi connectivity index (χ0v) is 15.4. The molecule has 1 aromatic carbocycles. The molecule has 0 radical (unpaired) electrons. The second kappa shape index (κ2) is 7.05. The maximum Gasteiger partial charge on any atom is 0.166 e. The van der Waals surface area contributed by atoms with E-state index in [1.165, 1.54) is 22.9 Å². The summed E-state index contributed by atoms with van der Waals surface area (Å²) in [5.41, 5.74) is 7.32. The molecule has 0 amide bonds. The molecule has 3 aromatic heterocycles. The molecule has 142 valence electrons. The largest absolute Gasteiger partial charge is 0.480 e. The van der Waals surface area contributed by atoms with Crippen LogP contribution >= 0.6 is 11.6 Å². The van der Waals surface area contributed by atoms with Crippen molar-refractivity contribution in [2.24, 2.45) is 0 Å². The first-order chi connectivity index (χ1) is 13.4. The molecular weight excluding hydrogens is 388 g/mol. The van der Waals surface area contributed by atoms with Crippen LogP contribution in [-0.4, -0.2) is 19.7 Å². The second-order valence-electron chi connectivity index (χ2n) is 6.10. The van der Waals surface area contributed by atoms with E-state index in [1.54, 1.807) is 31.5 Å². The number of nitrogen functional groups attached to an aromatic ring is 1. The fourth-order valence-corrected chi connectivity index (χ4v) is 3.01. The van der Waals surface area contributed by atoms with Crippen molar-refractivity contribution < 1.29 is 13.5 Å². The Morgan fingerprint density at radius 3 is 2.79 bits per heavy atom. The van der Waals surface area contributed by atoms with E-state index in [2.05, 4.69) is 15.1 Å². The Bertz CT molecular complexity index is 1170. The van der Waals surface area contributed by atoms with Crippen molar-refractivity contribution in [3.63, 3.8) is 0 Å². The number of pyridine rings is 2. The Morgan fingerprint density at radius 1 is 1.21 bits per heavy atom. The average molecular weight is 402 g/mol. The summed E-state index contributed by atoms with van der Waals surface area (Å²) in [7, 11) is 0. The Balaban J connectivity index is 1.72. The summed E-state index contributed by atoms with van der Waals surface area (Å²) in [6.07, 6.45) is 3.73. The smallest absolute Gasteiger partial charge is 0.166 e. The van der Waals surface area contributed by atoms with Crippen LogP contribution in [0.4, 0.5) is 14.6 Å². The van der Waals surface area contributed by atoms with Crippen molar-refractivity contribution in [1.82, 2.24) is 19.7 Å². The summed E-state index contributed by atoms with van der Waals surface area (Å²) in [6, 6.07) is 7.25. The first kappa shape index (κ1) is 18.1. The van der Waals surface area contributed by atoms with Gasteiger partial charge in [0.05, 0.1) is 22.4 Å². The third kappa shape index (κ3) is 3.34. The number of nitrogens with two attached hydrogens (primary N) is 1. The molecule has 28 heavy (non-hydrogen) atoms. The molecule has 6 nitrogen and oxygen atoms in total. The van der Waals surface area contributed by atoms with Crippen LogP contribution in [-0.2, 0) is 0 Å². The van der Waals surface area contributed by atoms with Crippen molar-refractivity contribution in [3.8, 4) is 11.4 Å². The molecule has 0 saturated carbocycles. The molecule has 4 aromatic rings. The molecule has 4 rings (SSSR count). The third-order valence-electron chi connectivity index (χ3n) is 4.15. The number of hydrogen-bond acceptors (Lipinski definition) is 5. The molecule has 0 spiro atoms. The summed E-state index contributed by atoms with van der Waals surface area (Å²) >= 11 is 5.79. The van der Waals surface area contributed by atoms with Crippen molar-refractivity contribution in [3.05, 3.63) is 71.3 Å². The Hall–Kier alpha value is -3.26. The quantitative estimate of drug-likeness (QED) is 0.545. The van der Waals surface area contributed by atoms with E-state index in [0.29, 0.717) is 22.3 Å². The number of aromatic nitrogens is 4. The Morgan fingerprint density at radius 2 is 2.04 bits per heavy atom. The van der Waals surface area contributed by atoms with Gasteiger partial charge in [-0.25, -0.2) is 18.4 Å². The first-order valence-corrected chi connectivity index (χ1v) is 8.67. The van der Waals surface area contributed by atoms with Gasteiger partial charge in [-0.2, -0.15) is 5.10 Å². The highest BCUT2D eigenvalue weighted by Crippen LogP contribution is 2.32. The summed E-state index contributed by atoms with van der Waals surface area (Å²) in [6.45, 7) is 1.74. The van der Waals surface area contributed by atoms with Gasteiger partial charge in [-0.1, -0.05) is 11.6 Å². The lowest BCUT2D eigenvalue weighted by atomic mass is 10.2. The van der Waals surface area contributed by atoms with Gasteiger partial charge in [0.15, 0.2) is 11.6 Å². The predicted molar refractivity (Wildman–Crippen MR) is 101 cm³/mol. The molecule has 0 fully saturated rings. The fraction of sp³-hybridized carbons (Fsp3) is 0.105. The predicted octanol–water partition coefficient (Wildman–Crippen LogP) is 4.47.